The van der Waals surface area contributed by atoms with Crippen LogP contribution in [0.1, 0.15) is 24.3 Å². The summed E-state index contributed by atoms with van der Waals surface area (Å²) in [5.74, 6) is 0.0343. The van der Waals surface area contributed by atoms with Gasteiger partial charge in [-0.05, 0) is 18.4 Å². The molecule has 2 aliphatic heterocycles. The minimum absolute atomic E-state index is 0.0851. The molecule has 1 aromatic rings. The monoisotopic (exact) mass is 246 g/mol. The van der Waals surface area contributed by atoms with E-state index in [-0.39, 0.29) is 17.4 Å². The fraction of sp³-hybridized carbons (Fsp3) is 0.500. The Kier molecular flexibility index (Phi) is 3.06. The maximum atomic E-state index is 12.0. The molecule has 18 heavy (non-hydrogen) atoms. The molecular formula is C14H18N2O2. The summed E-state index contributed by atoms with van der Waals surface area (Å²) in [6.07, 6.45) is 1.74. The Morgan fingerprint density at radius 1 is 1.28 bits per heavy atom. The van der Waals surface area contributed by atoms with Crippen LogP contribution in [0.25, 0.3) is 0 Å². The largest absolute Gasteiger partial charge is 0.358 e. The summed E-state index contributed by atoms with van der Waals surface area (Å²) in [5, 5.41) is 6.19. The van der Waals surface area contributed by atoms with E-state index in [2.05, 4.69) is 10.6 Å². The Labute approximate surface area is 107 Å². The van der Waals surface area contributed by atoms with Crippen molar-refractivity contribution < 1.29 is 9.53 Å². The highest BCUT2D eigenvalue weighted by Gasteiger charge is 2.42. The molecule has 2 N–H and O–H groups in total. The van der Waals surface area contributed by atoms with Gasteiger partial charge in [0.25, 0.3) is 0 Å². The number of hydrogen-bond acceptors (Lipinski definition) is 3. The van der Waals surface area contributed by atoms with E-state index in [9.17, 15) is 4.79 Å². The van der Waals surface area contributed by atoms with E-state index in [0.717, 1.165) is 24.9 Å². The molecule has 0 aromatic heterocycles. The van der Waals surface area contributed by atoms with Gasteiger partial charge in [0.05, 0.1) is 18.2 Å². The quantitative estimate of drug-likeness (QED) is 0.777. The average Bonchev–Trinajstić information content (AvgIpc) is 2.44. The third kappa shape index (κ3) is 2.13. The summed E-state index contributed by atoms with van der Waals surface area (Å²) >= 11 is 0. The molecule has 2 saturated heterocycles. The summed E-state index contributed by atoms with van der Waals surface area (Å²) in [6.45, 7) is 2.17. The second-order valence-corrected chi connectivity index (χ2v) is 5.11. The van der Waals surface area contributed by atoms with Crippen molar-refractivity contribution in [2.45, 2.75) is 24.4 Å². The normalized spacial score (nSPS) is 32.2. The highest BCUT2D eigenvalue weighted by Crippen LogP contribution is 2.35. The number of piperidine rings is 1. The molecule has 96 valence electrons. The molecule has 2 heterocycles. The second kappa shape index (κ2) is 4.71. The maximum Gasteiger partial charge on any atom is 0.227 e. The van der Waals surface area contributed by atoms with Crippen molar-refractivity contribution in [3.8, 4) is 0 Å². The minimum Gasteiger partial charge on any atom is -0.358 e. The van der Waals surface area contributed by atoms with E-state index in [1.807, 2.05) is 30.3 Å². The highest BCUT2D eigenvalue weighted by atomic mass is 16.5. The summed E-state index contributed by atoms with van der Waals surface area (Å²) in [6, 6.07) is 9.97. The minimum atomic E-state index is -0.181. The van der Waals surface area contributed by atoms with Crippen LogP contribution in [-0.2, 0) is 9.53 Å². The van der Waals surface area contributed by atoms with Crippen LogP contribution >= 0.6 is 0 Å². The maximum absolute atomic E-state index is 12.0. The fourth-order valence-corrected chi connectivity index (χ4v) is 2.83. The summed E-state index contributed by atoms with van der Waals surface area (Å²) in [5.41, 5.74) is 0.899. The number of hydrogen-bond donors (Lipinski definition) is 2. The van der Waals surface area contributed by atoms with E-state index in [4.69, 9.17) is 4.74 Å². The van der Waals surface area contributed by atoms with Crippen LogP contribution in [0.15, 0.2) is 30.3 Å². The van der Waals surface area contributed by atoms with Gasteiger partial charge in [0.15, 0.2) is 0 Å². The van der Waals surface area contributed by atoms with Crippen LogP contribution in [0.3, 0.4) is 0 Å². The van der Waals surface area contributed by atoms with Crippen LogP contribution in [0.5, 0.6) is 0 Å². The number of nitrogens with one attached hydrogen (secondary N) is 2. The summed E-state index contributed by atoms with van der Waals surface area (Å²) < 4.78 is 5.88. The highest BCUT2D eigenvalue weighted by molar-refractivity contribution is 5.84. The predicted octanol–water partition coefficient (Wildman–Crippen LogP) is 0.996. The third-order valence-electron chi connectivity index (χ3n) is 3.92. The number of rotatable bonds is 1. The Bertz CT molecular complexity index is 427. The first kappa shape index (κ1) is 11.7. The van der Waals surface area contributed by atoms with Gasteiger partial charge in [-0.2, -0.15) is 0 Å². The predicted molar refractivity (Wildman–Crippen MR) is 68.1 cm³/mol. The molecule has 2 atom stereocenters. The summed E-state index contributed by atoms with van der Waals surface area (Å²) in [7, 11) is 0. The molecule has 0 bridgehead atoms. The molecule has 1 aromatic carbocycles. The van der Waals surface area contributed by atoms with Crippen LogP contribution < -0.4 is 10.6 Å². The Morgan fingerprint density at radius 3 is 2.83 bits per heavy atom. The molecule has 1 amide bonds. The molecule has 2 unspecified atom stereocenters. The molecular weight excluding hydrogens is 228 g/mol. The lowest BCUT2D eigenvalue weighted by molar-refractivity contribution is -0.139. The van der Waals surface area contributed by atoms with Gasteiger partial charge in [-0.15, -0.1) is 0 Å². The first-order valence-corrected chi connectivity index (χ1v) is 6.46. The molecule has 4 heteroatoms. The van der Waals surface area contributed by atoms with E-state index in [1.54, 1.807) is 0 Å². The van der Waals surface area contributed by atoms with Crippen LogP contribution in [-0.4, -0.2) is 31.3 Å². The van der Waals surface area contributed by atoms with Crippen molar-refractivity contribution in [1.29, 1.82) is 0 Å². The van der Waals surface area contributed by atoms with Crippen molar-refractivity contribution >= 4 is 5.91 Å². The number of carbonyl (C=O) groups is 1. The third-order valence-corrected chi connectivity index (χ3v) is 3.92. The van der Waals surface area contributed by atoms with Gasteiger partial charge >= 0.3 is 0 Å². The Morgan fingerprint density at radius 2 is 2.11 bits per heavy atom. The Balaban J connectivity index is 1.83. The molecule has 0 radical (unpaired) electrons. The van der Waals surface area contributed by atoms with E-state index < -0.39 is 0 Å². The van der Waals surface area contributed by atoms with Gasteiger partial charge in [-0.3, -0.25) is 10.1 Å². The second-order valence-electron chi connectivity index (χ2n) is 5.11. The molecule has 2 aliphatic rings. The van der Waals surface area contributed by atoms with Crippen LogP contribution in [0.2, 0.25) is 0 Å². The zero-order chi connectivity index (χ0) is 12.4. The lowest BCUT2D eigenvalue weighted by Gasteiger charge is -2.43. The van der Waals surface area contributed by atoms with Crippen molar-refractivity contribution in [1.82, 2.24) is 10.6 Å². The first-order valence-electron chi connectivity index (χ1n) is 6.46. The molecule has 3 rings (SSSR count). The Hall–Kier alpha value is -1.39. The average molecular weight is 246 g/mol. The van der Waals surface area contributed by atoms with Gasteiger partial charge in [0, 0.05) is 13.1 Å². The molecule has 0 saturated carbocycles. The molecule has 2 fully saturated rings. The van der Waals surface area contributed by atoms with Gasteiger partial charge in [-0.1, -0.05) is 30.3 Å². The lowest BCUT2D eigenvalue weighted by atomic mass is 9.80. The standard InChI is InChI=1S/C14H18N2O2/c17-13-12(11-4-2-1-3-5-11)8-14(9-16-13)6-7-15-10-18-14/h1-5,12,15H,6-10H2,(H,16,17). The van der Waals surface area contributed by atoms with Crippen LogP contribution in [0.4, 0.5) is 0 Å². The molecule has 1 spiro atoms. The smallest absolute Gasteiger partial charge is 0.227 e. The van der Waals surface area contributed by atoms with E-state index >= 15 is 0 Å². The molecule has 0 aliphatic carbocycles. The van der Waals surface area contributed by atoms with E-state index in [0.29, 0.717) is 13.3 Å². The number of amides is 1. The van der Waals surface area contributed by atoms with Crippen molar-refractivity contribution in [2.75, 3.05) is 19.8 Å². The topological polar surface area (TPSA) is 50.4 Å². The number of ether oxygens (including phenoxy) is 1. The van der Waals surface area contributed by atoms with E-state index in [1.165, 1.54) is 0 Å². The fourth-order valence-electron chi connectivity index (χ4n) is 2.83. The zero-order valence-corrected chi connectivity index (χ0v) is 10.3. The van der Waals surface area contributed by atoms with Crippen LogP contribution in [0, 0.1) is 0 Å². The van der Waals surface area contributed by atoms with Gasteiger partial charge < -0.3 is 10.1 Å². The van der Waals surface area contributed by atoms with Gasteiger partial charge in [0.2, 0.25) is 5.91 Å². The lowest BCUT2D eigenvalue weighted by Crippen LogP contribution is -2.57. The first-order chi connectivity index (χ1) is 8.79. The van der Waals surface area contributed by atoms with Crippen molar-refractivity contribution in [2.24, 2.45) is 0 Å². The number of benzene rings is 1. The SMILES string of the molecule is O=C1NCC2(CCNCO2)CC1c1ccccc1. The number of carbonyl (C=O) groups excluding carboxylic acids is 1. The van der Waals surface area contributed by atoms with Crippen molar-refractivity contribution in [3.05, 3.63) is 35.9 Å². The summed E-state index contributed by atoms with van der Waals surface area (Å²) in [4.78, 5) is 12.0. The van der Waals surface area contributed by atoms with Crippen molar-refractivity contribution in [3.63, 3.8) is 0 Å². The van der Waals surface area contributed by atoms with Gasteiger partial charge in [-0.25, -0.2) is 0 Å². The molecule has 4 nitrogen and oxygen atoms in total. The zero-order valence-electron chi connectivity index (χ0n) is 10.3. The van der Waals surface area contributed by atoms with Gasteiger partial charge in [0.1, 0.15) is 0 Å².